The molecule has 144 valence electrons. The van der Waals surface area contributed by atoms with Gasteiger partial charge in [-0.15, -0.1) is 0 Å². The fourth-order valence-corrected chi connectivity index (χ4v) is 2.82. The van der Waals surface area contributed by atoms with Crippen LogP contribution in [0.2, 0.25) is 0 Å². The SMILES string of the molecule is CCCCCCCCN1C(=O)CN(C(=O)OC(C)(C)C)C[C@@H]1C(=O)O. The molecule has 0 saturated carbocycles. The normalized spacial score (nSPS) is 18.4. The first-order valence-electron chi connectivity index (χ1n) is 9.16. The molecule has 1 fully saturated rings. The second kappa shape index (κ2) is 9.63. The number of nitrogens with zero attached hydrogens (tertiary/aromatic N) is 2. The number of hydrogen-bond donors (Lipinski definition) is 1. The van der Waals surface area contributed by atoms with Crippen LogP contribution in [0.25, 0.3) is 0 Å². The molecule has 0 unspecified atom stereocenters. The summed E-state index contributed by atoms with van der Waals surface area (Å²) in [6.07, 6.45) is 5.75. The van der Waals surface area contributed by atoms with Gasteiger partial charge in [0.05, 0.1) is 6.54 Å². The Labute approximate surface area is 150 Å². The van der Waals surface area contributed by atoms with Crippen LogP contribution in [0.3, 0.4) is 0 Å². The average Bonchev–Trinajstić information content (AvgIpc) is 2.49. The first-order chi connectivity index (χ1) is 11.7. The van der Waals surface area contributed by atoms with E-state index >= 15 is 0 Å². The molecular formula is C18H32N2O5. The maximum Gasteiger partial charge on any atom is 0.410 e. The highest BCUT2D eigenvalue weighted by atomic mass is 16.6. The number of ether oxygens (including phenoxy) is 1. The van der Waals surface area contributed by atoms with Crippen molar-refractivity contribution in [3.05, 3.63) is 0 Å². The minimum Gasteiger partial charge on any atom is -0.480 e. The Balaban J connectivity index is 2.60. The lowest BCUT2D eigenvalue weighted by Gasteiger charge is -2.39. The molecule has 7 heteroatoms. The van der Waals surface area contributed by atoms with Gasteiger partial charge in [0.1, 0.15) is 18.2 Å². The van der Waals surface area contributed by atoms with Gasteiger partial charge in [-0.2, -0.15) is 0 Å². The third-order valence-corrected chi connectivity index (χ3v) is 4.11. The van der Waals surface area contributed by atoms with Gasteiger partial charge in [-0.25, -0.2) is 9.59 Å². The average molecular weight is 356 g/mol. The number of carbonyl (C=O) groups excluding carboxylic acids is 2. The summed E-state index contributed by atoms with van der Waals surface area (Å²) in [6.45, 7) is 7.60. The highest BCUT2D eigenvalue weighted by Crippen LogP contribution is 2.17. The van der Waals surface area contributed by atoms with Gasteiger partial charge in [-0.1, -0.05) is 39.0 Å². The van der Waals surface area contributed by atoms with Crippen LogP contribution < -0.4 is 0 Å². The van der Waals surface area contributed by atoms with Crippen LogP contribution in [0.4, 0.5) is 4.79 Å². The lowest BCUT2D eigenvalue weighted by Crippen LogP contribution is -2.61. The molecule has 1 rings (SSSR count). The first-order valence-corrected chi connectivity index (χ1v) is 9.16. The zero-order chi connectivity index (χ0) is 19.0. The predicted molar refractivity (Wildman–Crippen MR) is 94.3 cm³/mol. The zero-order valence-corrected chi connectivity index (χ0v) is 15.9. The maximum absolute atomic E-state index is 12.4. The van der Waals surface area contributed by atoms with Crippen LogP contribution >= 0.6 is 0 Å². The molecular weight excluding hydrogens is 324 g/mol. The number of unbranched alkanes of at least 4 members (excludes halogenated alkanes) is 5. The molecule has 0 aliphatic carbocycles. The van der Waals surface area contributed by atoms with Gasteiger partial charge in [0.2, 0.25) is 5.91 Å². The van der Waals surface area contributed by atoms with E-state index in [0.29, 0.717) is 6.54 Å². The predicted octanol–water partition coefficient (Wildman–Crippen LogP) is 2.88. The van der Waals surface area contributed by atoms with Crippen molar-refractivity contribution in [1.29, 1.82) is 0 Å². The second-order valence-electron chi connectivity index (χ2n) is 7.57. The molecule has 0 spiro atoms. The Morgan fingerprint density at radius 1 is 1.16 bits per heavy atom. The summed E-state index contributed by atoms with van der Waals surface area (Å²) in [6, 6.07) is -1.01. The van der Waals surface area contributed by atoms with E-state index in [4.69, 9.17) is 4.74 Å². The summed E-state index contributed by atoms with van der Waals surface area (Å²) in [7, 11) is 0. The topological polar surface area (TPSA) is 87.2 Å². The summed E-state index contributed by atoms with van der Waals surface area (Å²) in [5.74, 6) is -1.43. The Bertz CT molecular complexity index is 473. The van der Waals surface area contributed by atoms with Gasteiger partial charge in [0, 0.05) is 6.54 Å². The summed E-state index contributed by atoms with van der Waals surface area (Å²) >= 11 is 0. The van der Waals surface area contributed by atoms with E-state index < -0.39 is 23.7 Å². The van der Waals surface area contributed by atoms with Crippen LogP contribution in [-0.2, 0) is 14.3 Å². The van der Waals surface area contributed by atoms with Gasteiger partial charge < -0.3 is 14.7 Å². The van der Waals surface area contributed by atoms with Crippen LogP contribution in [0, 0.1) is 0 Å². The Kier molecular flexibility index (Phi) is 8.19. The quantitative estimate of drug-likeness (QED) is 0.676. The molecule has 2 amide bonds. The van der Waals surface area contributed by atoms with Crippen molar-refractivity contribution in [3.63, 3.8) is 0 Å². The summed E-state index contributed by atoms with van der Waals surface area (Å²) in [5.41, 5.74) is -0.686. The van der Waals surface area contributed by atoms with E-state index in [0.717, 1.165) is 19.3 Å². The molecule has 1 aliphatic heterocycles. The minimum atomic E-state index is -1.09. The van der Waals surface area contributed by atoms with Crippen molar-refractivity contribution in [2.24, 2.45) is 0 Å². The molecule has 1 N–H and O–H groups in total. The minimum absolute atomic E-state index is 0.0359. The Hall–Kier alpha value is -1.79. The summed E-state index contributed by atoms with van der Waals surface area (Å²) in [5, 5.41) is 9.46. The molecule has 1 saturated heterocycles. The van der Waals surface area contributed by atoms with Gasteiger partial charge in [0.25, 0.3) is 0 Å². The number of amides is 2. The second-order valence-corrected chi connectivity index (χ2v) is 7.57. The molecule has 0 aromatic carbocycles. The van der Waals surface area contributed by atoms with Crippen LogP contribution in [0.5, 0.6) is 0 Å². The fourth-order valence-electron chi connectivity index (χ4n) is 2.82. The van der Waals surface area contributed by atoms with Crippen LogP contribution in [-0.4, -0.2) is 64.2 Å². The van der Waals surface area contributed by atoms with Crippen molar-refractivity contribution >= 4 is 18.0 Å². The van der Waals surface area contributed by atoms with E-state index in [1.165, 1.54) is 29.1 Å². The highest BCUT2D eigenvalue weighted by molar-refractivity contribution is 5.89. The fraction of sp³-hybridized carbons (Fsp3) is 0.833. The lowest BCUT2D eigenvalue weighted by atomic mass is 10.1. The number of carboxylic acids is 1. The van der Waals surface area contributed by atoms with Crippen molar-refractivity contribution in [2.75, 3.05) is 19.6 Å². The Morgan fingerprint density at radius 2 is 1.76 bits per heavy atom. The molecule has 0 aromatic heterocycles. The zero-order valence-electron chi connectivity index (χ0n) is 15.9. The standard InChI is InChI=1S/C18H32N2O5/c1-5-6-7-8-9-10-11-20-14(16(22)23)12-19(13-15(20)21)17(24)25-18(2,3)4/h14H,5-13H2,1-4H3,(H,22,23)/t14-/m1/s1. The molecule has 0 aromatic rings. The molecule has 7 nitrogen and oxygen atoms in total. The van der Waals surface area contributed by atoms with Gasteiger partial charge in [-0.05, 0) is 27.2 Å². The number of carbonyl (C=O) groups is 3. The summed E-state index contributed by atoms with van der Waals surface area (Å²) < 4.78 is 5.25. The first kappa shape index (κ1) is 21.3. The molecule has 1 heterocycles. The van der Waals surface area contributed by atoms with Crippen molar-refractivity contribution < 1.29 is 24.2 Å². The maximum atomic E-state index is 12.4. The third kappa shape index (κ3) is 7.32. The lowest BCUT2D eigenvalue weighted by molar-refractivity contribution is -0.155. The molecule has 1 aliphatic rings. The Morgan fingerprint density at radius 3 is 2.32 bits per heavy atom. The number of piperazine rings is 1. The summed E-state index contributed by atoms with van der Waals surface area (Å²) in [4.78, 5) is 38.6. The monoisotopic (exact) mass is 356 g/mol. The van der Waals surface area contributed by atoms with Gasteiger partial charge in [-0.3, -0.25) is 9.69 Å². The molecule has 0 bridgehead atoms. The largest absolute Gasteiger partial charge is 0.480 e. The van der Waals surface area contributed by atoms with Crippen molar-refractivity contribution in [2.45, 2.75) is 77.9 Å². The number of carboxylic acid groups (broad SMARTS) is 1. The number of aliphatic carboxylic acids is 1. The number of hydrogen-bond acceptors (Lipinski definition) is 4. The van der Waals surface area contributed by atoms with Crippen LogP contribution in [0.15, 0.2) is 0 Å². The van der Waals surface area contributed by atoms with Gasteiger partial charge in [0.15, 0.2) is 0 Å². The van der Waals surface area contributed by atoms with E-state index in [2.05, 4.69) is 6.92 Å². The van der Waals surface area contributed by atoms with Crippen LogP contribution in [0.1, 0.15) is 66.2 Å². The van der Waals surface area contributed by atoms with Crippen molar-refractivity contribution in [1.82, 2.24) is 9.80 Å². The van der Waals surface area contributed by atoms with Gasteiger partial charge >= 0.3 is 12.1 Å². The molecule has 25 heavy (non-hydrogen) atoms. The van der Waals surface area contributed by atoms with E-state index in [1.807, 2.05) is 0 Å². The third-order valence-electron chi connectivity index (χ3n) is 4.11. The van der Waals surface area contributed by atoms with E-state index in [9.17, 15) is 19.5 Å². The molecule has 1 atom stereocenters. The highest BCUT2D eigenvalue weighted by Gasteiger charge is 2.39. The molecule has 0 radical (unpaired) electrons. The number of rotatable bonds is 8. The smallest absolute Gasteiger partial charge is 0.410 e. The van der Waals surface area contributed by atoms with E-state index in [1.54, 1.807) is 20.8 Å². The van der Waals surface area contributed by atoms with Crippen molar-refractivity contribution in [3.8, 4) is 0 Å². The van der Waals surface area contributed by atoms with E-state index in [-0.39, 0.29) is 19.0 Å².